The summed E-state index contributed by atoms with van der Waals surface area (Å²) in [6.45, 7) is 0.793. The van der Waals surface area contributed by atoms with Gasteiger partial charge in [0.2, 0.25) is 0 Å². The Morgan fingerprint density at radius 2 is 1.78 bits per heavy atom. The number of halogens is 5. The van der Waals surface area contributed by atoms with Crippen LogP contribution in [0.3, 0.4) is 0 Å². The van der Waals surface area contributed by atoms with E-state index in [0.717, 1.165) is 18.6 Å². The van der Waals surface area contributed by atoms with Crippen molar-refractivity contribution in [2.45, 2.75) is 18.9 Å². The fourth-order valence-electron chi connectivity index (χ4n) is 2.86. The molecule has 2 heterocycles. The van der Waals surface area contributed by atoms with E-state index in [1.54, 1.807) is 0 Å². The van der Waals surface area contributed by atoms with E-state index in [1.807, 2.05) is 0 Å². The van der Waals surface area contributed by atoms with Crippen LogP contribution in [0.4, 0.5) is 29.3 Å². The number of nitrogens with zero attached hydrogens (tertiary/aromatic N) is 2. The predicted molar refractivity (Wildman–Crippen MR) is 97.8 cm³/mol. The zero-order chi connectivity index (χ0) is 19.6. The van der Waals surface area contributed by atoms with Crippen LogP contribution in [-0.2, 0) is 0 Å². The van der Waals surface area contributed by atoms with Crippen molar-refractivity contribution in [2.75, 3.05) is 23.7 Å². The van der Waals surface area contributed by atoms with E-state index >= 15 is 0 Å². The summed E-state index contributed by atoms with van der Waals surface area (Å²) in [6.07, 6.45) is 4.40. The minimum Gasteiger partial charge on any atom is -0.378 e. The molecule has 3 rings (SSSR count). The first-order valence-corrected chi connectivity index (χ1v) is 8.86. The van der Waals surface area contributed by atoms with Crippen molar-refractivity contribution < 1.29 is 18.0 Å². The first-order chi connectivity index (χ1) is 12.8. The lowest BCUT2D eigenvalue weighted by Crippen LogP contribution is -2.46. The molecule has 5 nitrogen and oxygen atoms in total. The third-order valence-corrected chi connectivity index (χ3v) is 4.72. The number of carbonyl (C=O) groups excluding carboxylic acids is 1. The summed E-state index contributed by atoms with van der Waals surface area (Å²) in [7, 11) is 0. The normalized spacial score (nSPS) is 16.9. The summed E-state index contributed by atoms with van der Waals surface area (Å²) in [6, 6.07) is 0.793. The van der Waals surface area contributed by atoms with Crippen molar-refractivity contribution in [3.63, 3.8) is 0 Å². The van der Waals surface area contributed by atoms with Crippen LogP contribution in [0.2, 0.25) is 10.0 Å². The Kier molecular flexibility index (Phi) is 5.96. The molecule has 1 aliphatic rings. The molecule has 0 saturated carbocycles. The second kappa shape index (κ2) is 8.22. The number of amides is 2. The smallest absolute Gasteiger partial charge is 0.321 e. The maximum Gasteiger partial charge on any atom is 0.321 e. The maximum atomic E-state index is 13.3. The number of rotatable bonds is 3. The van der Waals surface area contributed by atoms with Crippen molar-refractivity contribution >= 4 is 40.6 Å². The molecule has 1 aromatic carbocycles. The largest absolute Gasteiger partial charge is 0.378 e. The molecule has 144 valence electrons. The van der Waals surface area contributed by atoms with E-state index in [9.17, 15) is 18.0 Å². The fraction of sp³-hybridized carbons (Fsp3) is 0.294. The molecule has 1 aromatic heterocycles. The van der Waals surface area contributed by atoms with Crippen LogP contribution < -0.4 is 10.6 Å². The van der Waals surface area contributed by atoms with Crippen molar-refractivity contribution in [1.82, 2.24) is 9.88 Å². The van der Waals surface area contributed by atoms with Crippen LogP contribution in [0.1, 0.15) is 12.8 Å². The highest BCUT2D eigenvalue weighted by Crippen LogP contribution is 2.30. The number of aromatic nitrogens is 1. The third kappa shape index (κ3) is 4.56. The van der Waals surface area contributed by atoms with Gasteiger partial charge in [-0.3, -0.25) is 4.98 Å². The summed E-state index contributed by atoms with van der Waals surface area (Å²) in [5.74, 6) is -4.32. The van der Waals surface area contributed by atoms with Gasteiger partial charge in [0.1, 0.15) is 0 Å². The minimum atomic E-state index is -1.58. The number of hydrogen-bond acceptors (Lipinski definition) is 3. The Hall–Kier alpha value is -2.19. The number of benzene rings is 1. The van der Waals surface area contributed by atoms with Gasteiger partial charge in [-0.2, -0.15) is 0 Å². The Labute approximate surface area is 163 Å². The summed E-state index contributed by atoms with van der Waals surface area (Å²) in [5, 5.41) is 6.30. The van der Waals surface area contributed by atoms with Gasteiger partial charge in [0.15, 0.2) is 17.5 Å². The van der Waals surface area contributed by atoms with Gasteiger partial charge in [-0.05, 0) is 12.8 Å². The summed E-state index contributed by atoms with van der Waals surface area (Å²) in [4.78, 5) is 17.8. The lowest BCUT2D eigenvalue weighted by atomic mass is 10.1. The molecular weight excluding hydrogens is 404 g/mol. The molecule has 27 heavy (non-hydrogen) atoms. The first kappa shape index (κ1) is 19.6. The van der Waals surface area contributed by atoms with Gasteiger partial charge in [-0.1, -0.05) is 23.2 Å². The second-order valence-electron chi connectivity index (χ2n) is 6.09. The highest BCUT2D eigenvalue weighted by Gasteiger charge is 2.25. The van der Waals surface area contributed by atoms with Gasteiger partial charge in [0, 0.05) is 49.3 Å². The van der Waals surface area contributed by atoms with E-state index in [-0.39, 0.29) is 11.7 Å². The van der Waals surface area contributed by atoms with Crippen molar-refractivity contribution in [3.8, 4) is 0 Å². The van der Waals surface area contributed by atoms with Crippen molar-refractivity contribution in [1.29, 1.82) is 0 Å². The molecule has 1 atom stereocenters. The quantitative estimate of drug-likeness (QED) is 0.695. The third-order valence-electron chi connectivity index (χ3n) is 4.15. The van der Waals surface area contributed by atoms with Crippen molar-refractivity contribution in [2.24, 2.45) is 0 Å². The SMILES string of the molecule is O=C(Nc1cc(F)c(F)c(F)c1)N1CCCC(Nc2c(Cl)cncc2Cl)C1. The lowest BCUT2D eigenvalue weighted by molar-refractivity contribution is 0.196. The zero-order valence-corrected chi connectivity index (χ0v) is 15.4. The number of urea groups is 1. The van der Waals surface area contributed by atoms with Gasteiger partial charge >= 0.3 is 6.03 Å². The molecule has 1 saturated heterocycles. The molecule has 2 N–H and O–H groups in total. The Morgan fingerprint density at radius 1 is 1.15 bits per heavy atom. The monoisotopic (exact) mass is 418 g/mol. The summed E-state index contributed by atoms with van der Waals surface area (Å²) < 4.78 is 39.6. The Balaban J connectivity index is 1.66. The van der Waals surface area contributed by atoms with Gasteiger partial charge in [-0.25, -0.2) is 18.0 Å². The molecule has 0 spiro atoms. The first-order valence-electron chi connectivity index (χ1n) is 8.11. The van der Waals surface area contributed by atoms with Gasteiger partial charge < -0.3 is 15.5 Å². The molecule has 10 heteroatoms. The van der Waals surface area contributed by atoms with Crippen molar-refractivity contribution in [3.05, 3.63) is 52.0 Å². The Morgan fingerprint density at radius 3 is 2.41 bits per heavy atom. The molecule has 2 amide bonds. The van der Waals surface area contributed by atoms with Crippen LogP contribution in [-0.4, -0.2) is 35.0 Å². The molecule has 1 aliphatic heterocycles. The average molecular weight is 419 g/mol. The number of nitrogens with one attached hydrogen (secondary N) is 2. The summed E-state index contributed by atoms with van der Waals surface area (Å²) in [5.41, 5.74) is 0.370. The number of anilines is 2. The van der Waals surface area contributed by atoms with E-state index in [2.05, 4.69) is 15.6 Å². The molecule has 0 aliphatic carbocycles. The van der Waals surface area contributed by atoms with Crippen LogP contribution in [0.15, 0.2) is 24.5 Å². The van der Waals surface area contributed by atoms with E-state index in [1.165, 1.54) is 17.3 Å². The number of likely N-dealkylation sites (tertiary alicyclic amines) is 1. The molecule has 0 bridgehead atoms. The molecule has 2 aromatic rings. The highest BCUT2D eigenvalue weighted by molar-refractivity contribution is 6.38. The topological polar surface area (TPSA) is 57.3 Å². The zero-order valence-electron chi connectivity index (χ0n) is 13.9. The number of pyridine rings is 1. The number of piperidine rings is 1. The van der Waals surface area contributed by atoms with Crippen LogP contribution in [0.5, 0.6) is 0 Å². The van der Waals surface area contributed by atoms with Gasteiger partial charge in [-0.15, -0.1) is 0 Å². The predicted octanol–water partition coefficient (Wildman–Crippen LogP) is 4.91. The minimum absolute atomic E-state index is 0.122. The molecule has 0 radical (unpaired) electrons. The number of hydrogen-bond donors (Lipinski definition) is 2. The lowest BCUT2D eigenvalue weighted by Gasteiger charge is -2.34. The maximum absolute atomic E-state index is 13.3. The average Bonchev–Trinajstić information content (AvgIpc) is 2.63. The van der Waals surface area contributed by atoms with Crippen LogP contribution in [0, 0.1) is 17.5 Å². The Bertz CT molecular complexity index is 825. The van der Waals surface area contributed by atoms with Gasteiger partial charge in [0.05, 0.1) is 15.7 Å². The van der Waals surface area contributed by atoms with E-state index in [4.69, 9.17) is 23.2 Å². The van der Waals surface area contributed by atoms with Crippen LogP contribution in [0.25, 0.3) is 0 Å². The van der Waals surface area contributed by atoms with E-state index in [0.29, 0.717) is 35.2 Å². The van der Waals surface area contributed by atoms with Gasteiger partial charge in [0.25, 0.3) is 0 Å². The van der Waals surface area contributed by atoms with Crippen LogP contribution >= 0.6 is 23.2 Å². The fourth-order valence-corrected chi connectivity index (χ4v) is 3.34. The standard InChI is InChI=1S/C17H15Cl2F3N4O/c18-11-6-23-7-12(19)16(11)24-9-2-1-3-26(8-9)17(27)25-10-4-13(20)15(22)14(21)5-10/h4-7,9H,1-3,8H2,(H,23,24)(H,25,27). The number of carbonyl (C=O) groups is 1. The highest BCUT2D eigenvalue weighted by atomic mass is 35.5. The van der Waals surface area contributed by atoms with E-state index < -0.39 is 23.5 Å². The molecular formula is C17H15Cl2F3N4O. The second-order valence-corrected chi connectivity index (χ2v) is 6.91. The molecule has 1 unspecified atom stereocenters. The summed E-state index contributed by atoms with van der Waals surface area (Å²) >= 11 is 12.2. The molecule has 1 fully saturated rings.